The van der Waals surface area contributed by atoms with Crippen LogP contribution in [0.15, 0.2) is 237 Å². The summed E-state index contributed by atoms with van der Waals surface area (Å²) in [5.41, 5.74) is 17.5. The average Bonchev–Trinajstić information content (AvgIpc) is 3.28. The molecular weight excluding hydrogens is 675 g/mol. The van der Waals surface area contributed by atoms with Crippen molar-refractivity contribution < 1.29 is 0 Å². The number of fused-ring (bicyclic) bond motifs is 6. The van der Waals surface area contributed by atoms with E-state index in [9.17, 15) is 0 Å². The van der Waals surface area contributed by atoms with E-state index in [2.05, 4.69) is 241 Å². The lowest BCUT2D eigenvalue weighted by Crippen LogP contribution is -2.33. The van der Waals surface area contributed by atoms with Crippen molar-refractivity contribution in [3.05, 3.63) is 259 Å². The van der Waals surface area contributed by atoms with Gasteiger partial charge in [0, 0.05) is 17.1 Å². The van der Waals surface area contributed by atoms with Gasteiger partial charge in [0.25, 0.3) is 0 Å². The summed E-state index contributed by atoms with van der Waals surface area (Å²) in [6, 6.07) is 86.5. The summed E-state index contributed by atoms with van der Waals surface area (Å²) in [6.45, 7) is 0. The van der Waals surface area contributed by atoms with Gasteiger partial charge in [0.2, 0.25) is 0 Å². The Morgan fingerprint density at radius 1 is 0.268 bits per heavy atom. The third-order valence-corrected chi connectivity index (χ3v) is 11.4. The number of hydrogen-bond donors (Lipinski definition) is 0. The molecule has 56 heavy (non-hydrogen) atoms. The number of rotatable bonds is 7. The van der Waals surface area contributed by atoms with Gasteiger partial charge in [-0.05, 0) is 109 Å². The summed E-state index contributed by atoms with van der Waals surface area (Å²) in [5.74, 6) is 0. The molecule has 1 aliphatic carbocycles. The predicted molar refractivity (Wildman–Crippen MR) is 235 cm³/mol. The van der Waals surface area contributed by atoms with Gasteiger partial charge in [0.1, 0.15) is 0 Å². The molecule has 2 bridgehead atoms. The van der Waals surface area contributed by atoms with Crippen molar-refractivity contribution in [2.24, 2.45) is 0 Å². The number of hydrogen-bond acceptors (Lipinski definition) is 1. The van der Waals surface area contributed by atoms with Gasteiger partial charge in [-0.1, -0.05) is 194 Å². The van der Waals surface area contributed by atoms with Crippen LogP contribution in [0.25, 0.3) is 44.5 Å². The molecule has 1 heteroatoms. The second-order valence-corrected chi connectivity index (χ2v) is 14.4. The van der Waals surface area contributed by atoms with Crippen molar-refractivity contribution >= 4 is 17.1 Å². The summed E-state index contributed by atoms with van der Waals surface area (Å²) in [6.07, 6.45) is 0. The fourth-order valence-electron chi connectivity index (χ4n) is 8.96. The van der Waals surface area contributed by atoms with E-state index in [-0.39, 0.29) is 0 Å². The summed E-state index contributed by atoms with van der Waals surface area (Å²) >= 11 is 0. The largest absolute Gasteiger partial charge is 0.311 e. The Hall–Kier alpha value is -7.22. The smallest absolute Gasteiger partial charge is 0.0713 e. The van der Waals surface area contributed by atoms with Gasteiger partial charge in [-0.15, -0.1) is 0 Å². The molecule has 0 fully saturated rings. The van der Waals surface area contributed by atoms with Crippen LogP contribution < -0.4 is 4.90 Å². The molecule has 0 spiro atoms. The zero-order valence-electron chi connectivity index (χ0n) is 31.0. The van der Waals surface area contributed by atoms with Crippen LogP contribution in [0.4, 0.5) is 17.1 Å². The van der Waals surface area contributed by atoms with Crippen LogP contribution in [-0.2, 0) is 5.41 Å². The third-order valence-electron chi connectivity index (χ3n) is 11.4. The highest BCUT2D eigenvalue weighted by Crippen LogP contribution is 2.56. The summed E-state index contributed by atoms with van der Waals surface area (Å²) in [7, 11) is 0. The van der Waals surface area contributed by atoms with Crippen molar-refractivity contribution in [1.29, 1.82) is 0 Å². The molecule has 264 valence electrons. The Morgan fingerprint density at radius 2 is 0.714 bits per heavy atom. The van der Waals surface area contributed by atoms with E-state index in [1.165, 1.54) is 66.8 Å². The first-order valence-corrected chi connectivity index (χ1v) is 19.4. The number of benzene rings is 9. The zero-order chi connectivity index (χ0) is 37.3. The van der Waals surface area contributed by atoms with Gasteiger partial charge in [-0.3, -0.25) is 0 Å². The highest BCUT2D eigenvalue weighted by Gasteiger charge is 2.43. The summed E-state index contributed by atoms with van der Waals surface area (Å²) in [5, 5.41) is 0. The first kappa shape index (κ1) is 33.4. The monoisotopic (exact) mass is 713 g/mol. The summed E-state index contributed by atoms with van der Waals surface area (Å²) < 4.78 is 0. The molecule has 1 aliphatic rings. The Morgan fingerprint density at radius 3 is 1.38 bits per heavy atom. The Bertz CT molecular complexity index is 2730. The highest BCUT2D eigenvalue weighted by molar-refractivity contribution is 5.97. The van der Waals surface area contributed by atoms with Gasteiger partial charge in [0.05, 0.1) is 5.41 Å². The second-order valence-electron chi connectivity index (χ2n) is 14.4. The Kier molecular flexibility index (Phi) is 8.46. The lowest BCUT2D eigenvalue weighted by Gasteiger charge is -2.41. The first-order valence-electron chi connectivity index (χ1n) is 19.4. The van der Waals surface area contributed by atoms with E-state index in [1.807, 2.05) is 0 Å². The van der Waals surface area contributed by atoms with E-state index in [0.29, 0.717) is 0 Å². The lowest BCUT2D eigenvalue weighted by atomic mass is 9.60. The maximum atomic E-state index is 2.43. The van der Waals surface area contributed by atoms with E-state index >= 15 is 0 Å². The maximum absolute atomic E-state index is 2.43. The normalized spacial score (nSPS) is 14.1. The van der Waals surface area contributed by atoms with Crippen molar-refractivity contribution in [2.45, 2.75) is 5.41 Å². The third kappa shape index (κ3) is 5.56. The van der Waals surface area contributed by atoms with Crippen molar-refractivity contribution in [3.8, 4) is 44.5 Å². The minimum Gasteiger partial charge on any atom is -0.311 e. The van der Waals surface area contributed by atoms with E-state index in [0.717, 1.165) is 17.1 Å². The average molecular weight is 714 g/mol. The number of para-hydroxylation sites is 2. The van der Waals surface area contributed by atoms with Gasteiger partial charge < -0.3 is 4.90 Å². The van der Waals surface area contributed by atoms with Crippen LogP contribution in [0.3, 0.4) is 0 Å². The predicted octanol–water partition coefficient (Wildman–Crippen LogP) is 14.5. The van der Waals surface area contributed by atoms with Gasteiger partial charge in [0.15, 0.2) is 0 Å². The van der Waals surface area contributed by atoms with Gasteiger partial charge >= 0.3 is 0 Å². The van der Waals surface area contributed by atoms with Gasteiger partial charge in [-0.2, -0.15) is 0 Å². The molecule has 0 amide bonds. The van der Waals surface area contributed by atoms with Crippen molar-refractivity contribution in [2.75, 3.05) is 4.90 Å². The Labute approximate surface area is 329 Å². The molecule has 0 saturated carbocycles. The Balaban J connectivity index is 1.22. The standard InChI is InChI=1S/C55H39N/c1-5-19-41(20-6-1)54-51-32-18-34-53(54)55(43-22-7-2-8-23-43,52-33-16-15-31-50(52)48-29-13-14-30-49(48)51)44-24-17-21-42(39-44)40-35-37-47(38-36-40)56(45-25-9-3-10-26-45)46-27-11-4-12-28-46/h1-39H. The second kappa shape index (κ2) is 14.2. The zero-order valence-corrected chi connectivity index (χ0v) is 31.0. The van der Waals surface area contributed by atoms with E-state index < -0.39 is 5.41 Å². The number of nitrogens with zero attached hydrogens (tertiary/aromatic N) is 1. The van der Waals surface area contributed by atoms with Crippen LogP contribution in [0.1, 0.15) is 22.3 Å². The van der Waals surface area contributed by atoms with Crippen LogP contribution in [0, 0.1) is 0 Å². The minimum absolute atomic E-state index is 0.653. The molecule has 0 aromatic heterocycles. The van der Waals surface area contributed by atoms with Crippen LogP contribution in [-0.4, -0.2) is 0 Å². The van der Waals surface area contributed by atoms with Crippen LogP contribution in [0.5, 0.6) is 0 Å². The van der Waals surface area contributed by atoms with Crippen molar-refractivity contribution in [3.63, 3.8) is 0 Å². The molecule has 0 aliphatic heterocycles. The van der Waals surface area contributed by atoms with E-state index in [4.69, 9.17) is 0 Å². The molecule has 0 radical (unpaired) electrons. The highest BCUT2D eigenvalue weighted by atomic mass is 15.1. The quantitative estimate of drug-likeness (QED) is 0.159. The van der Waals surface area contributed by atoms with E-state index in [1.54, 1.807) is 0 Å². The molecule has 9 aromatic carbocycles. The topological polar surface area (TPSA) is 3.24 Å². The molecule has 9 aromatic rings. The molecule has 0 saturated heterocycles. The molecule has 0 N–H and O–H groups in total. The first-order chi connectivity index (χ1) is 27.8. The van der Waals surface area contributed by atoms with Crippen molar-refractivity contribution in [1.82, 2.24) is 0 Å². The molecule has 0 heterocycles. The fraction of sp³-hybridized carbons (Fsp3) is 0.0182. The molecule has 1 unspecified atom stereocenters. The number of anilines is 3. The molecule has 10 rings (SSSR count). The minimum atomic E-state index is -0.653. The fourth-order valence-corrected chi connectivity index (χ4v) is 8.96. The SMILES string of the molecule is c1ccc(-c2c3cccc2C(c2ccccc2)(c2cccc(-c4ccc(N(c5ccccc5)c5ccccc5)cc4)c2)c2ccccc2-c2ccccc2-3)cc1. The van der Waals surface area contributed by atoms with Gasteiger partial charge in [-0.25, -0.2) is 0 Å². The maximum Gasteiger partial charge on any atom is 0.0713 e. The van der Waals surface area contributed by atoms with Crippen LogP contribution >= 0.6 is 0 Å². The molecule has 1 nitrogen and oxygen atoms in total. The van der Waals surface area contributed by atoms with Crippen LogP contribution in [0.2, 0.25) is 0 Å². The molecular formula is C55H39N. The molecule has 1 atom stereocenters. The lowest BCUT2D eigenvalue weighted by molar-refractivity contribution is 0.749. The summed E-state index contributed by atoms with van der Waals surface area (Å²) in [4.78, 5) is 2.31.